The van der Waals surface area contributed by atoms with Crippen molar-refractivity contribution in [2.75, 3.05) is 6.61 Å². The van der Waals surface area contributed by atoms with Gasteiger partial charge in [-0.25, -0.2) is 4.79 Å². The monoisotopic (exact) mass is 169 g/mol. The number of H-pyrrole nitrogens is 1. The average Bonchev–Trinajstić information content (AvgIpc) is 2.55. The van der Waals surface area contributed by atoms with Gasteiger partial charge in [0, 0.05) is 6.20 Å². The molecular formula is C8H11NO3. The molecule has 0 unspecified atom stereocenters. The van der Waals surface area contributed by atoms with E-state index in [9.17, 15) is 9.90 Å². The average molecular weight is 169 g/mol. The van der Waals surface area contributed by atoms with Crippen LogP contribution in [0.4, 0.5) is 0 Å². The van der Waals surface area contributed by atoms with Crippen LogP contribution in [0.3, 0.4) is 0 Å². The fraction of sp³-hybridized carbons (Fsp3) is 0.375. The highest BCUT2D eigenvalue weighted by Gasteiger charge is 2.18. The summed E-state index contributed by atoms with van der Waals surface area (Å²) in [4.78, 5) is 13.7. The summed E-state index contributed by atoms with van der Waals surface area (Å²) in [5, 5.41) is 9.30. The second-order valence-electron chi connectivity index (χ2n) is 2.28. The van der Waals surface area contributed by atoms with Crippen molar-refractivity contribution in [1.82, 2.24) is 4.98 Å². The van der Waals surface area contributed by atoms with Crippen LogP contribution in [-0.4, -0.2) is 22.7 Å². The molecule has 0 aliphatic rings. The molecule has 4 nitrogen and oxygen atoms in total. The Morgan fingerprint density at radius 3 is 3.08 bits per heavy atom. The lowest BCUT2D eigenvalue weighted by Crippen LogP contribution is -2.15. The van der Waals surface area contributed by atoms with Crippen molar-refractivity contribution < 1.29 is 14.6 Å². The molecule has 0 fully saturated rings. The van der Waals surface area contributed by atoms with E-state index < -0.39 is 12.1 Å². The predicted octanol–water partition coefficient (Wildman–Crippen LogP) is 0.611. The highest BCUT2D eigenvalue weighted by Crippen LogP contribution is 2.10. The van der Waals surface area contributed by atoms with Gasteiger partial charge in [0.1, 0.15) is 0 Å². The van der Waals surface area contributed by atoms with E-state index >= 15 is 0 Å². The second-order valence-corrected chi connectivity index (χ2v) is 2.28. The minimum atomic E-state index is -1.19. The quantitative estimate of drug-likeness (QED) is 0.652. The molecule has 0 aliphatic carbocycles. The number of hydrogen-bond acceptors (Lipinski definition) is 3. The number of hydrogen-bond donors (Lipinski definition) is 2. The molecule has 12 heavy (non-hydrogen) atoms. The third kappa shape index (κ3) is 1.85. The van der Waals surface area contributed by atoms with Crippen molar-refractivity contribution in [2.24, 2.45) is 0 Å². The van der Waals surface area contributed by atoms with Crippen LogP contribution in [0.25, 0.3) is 0 Å². The number of nitrogens with one attached hydrogen (secondary N) is 1. The Bertz CT molecular complexity index is 243. The lowest BCUT2D eigenvalue weighted by molar-refractivity contribution is -0.153. The van der Waals surface area contributed by atoms with Crippen molar-refractivity contribution in [3.8, 4) is 0 Å². The summed E-state index contributed by atoms with van der Waals surface area (Å²) in [6, 6.07) is 3.33. The Balaban J connectivity index is 2.59. The van der Waals surface area contributed by atoms with Crippen LogP contribution in [0.15, 0.2) is 18.3 Å². The minimum absolute atomic E-state index is 0.274. The Morgan fingerprint density at radius 1 is 1.83 bits per heavy atom. The van der Waals surface area contributed by atoms with Gasteiger partial charge in [-0.2, -0.15) is 0 Å². The number of esters is 1. The number of rotatable bonds is 3. The molecule has 1 atom stereocenters. The molecule has 1 aromatic rings. The van der Waals surface area contributed by atoms with Crippen LogP contribution >= 0.6 is 0 Å². The molecule has 1 rings (SSSR count). The number of carbonyl (C=O) groups is 1. The second kappa shape index (κ2) is 3.92. The van der Waals surface area contributed by atoms with E-state index in [-0.39, 0.29) is 6.61 Å². The smallest absolute Gasteiger partial charge is 0.341 e. The number of aliphatic hydroxyl groups excluding tert-OH is 1. The lowest BCUT2D eigenvalue weighted by Gasteiger charge is -2.06. The first-order valence-corrected chi connectivity index (χ1v) is 3.73. The Morgan fingerprint density at radius 2 is 2.58 bits per heavy atom. The maximum absolute atomic E-state index is 10.9. The van der Waals surface area contributed by atoms with Crippen molar-refractivity contribution in [3.05, 3.63) is 24.0 Å². The van der Waals surface area contributed by atoms with Crippen LogP contribution in [0.2, 0.25) is 0 Å². The highest BCUT2D eigenvalue weighted by atomic mass is 16.5. The lowest BCUT2D eigenvalue weighted by atomic mass is 10.3. The van der Waals surface area contributed by atoms with Crippen molar-refractivity contribution >= 4 is 5.97 Å². The number of aromatic nitrogens is 1. The standard InChI is InChI=1S/C8H11NO3/c1-2-12-8(11)7(10)6-4-3-5-9-6/h3-5,7,9-10H,2H2,1H3/t7-/m0/s1. The molecule has 0 saturated carbocycles. The normalized spacial score (nSPS) is 12.5. The number of ether oxygens (including phenoxy) is 1. The minimum Gasteiger partial charge on any atom is -0.464 e. The topological polar surface area (TPSA) is 62.3 Å². The van der Waals surface area contributed by atoms with E-state index in [1.807, 2.05) is 0 Å². The van der Waals surface area contributed by atoms with Crippen molar-refractivity contribution in [2.45, 2.75) is 13.0 Å². The van der Waals surface area contributed by atoms with Gasteiger partial charge in [-0.3, -0.25) is 0 Å². The number of aromatic amines is 1. The molecule has 0 radical (unpaired) electrons. The maximum Gasteiger partial charge on any atom is 0.341 e. The molecule has 0 aromatic carbocycles. The van der Waals surface area contributed by atoms with Crippen LogP contribution in [0.5, 0.6) is 0 Å². The highest BCUT2D eigenvalue weighted by molar-refractivity contribution is 5.75. The molecule has 0 amide bonds. The zero-order valence-electron chi connectivity index (χ0n) is 6.78. The third-order valence-corrected chi connectivity index (χ3v) is 1.43. The van der Waals surface area contributed by atoms with Gasteiger partial charge in [-0.05, 0) is 19.1 Å². The Hall–Kier alpha value is -1.29. The summed E-state index contributed by atoms with van der Waals surface area (Å²) in [5.41, 5.74) is 0.452. The summed E-state index contributed by atoms with van der Waals surface area (Å²) in [7, 11) is 0. The van der Waals surface area contributed by atoms with Gasteiger partial charge < -0.3 is 14.8 Å². The molecule has 0 spiro atoms. The van der Waals surface area contributed by atoms with Crippen LogP contribution < -0.4 is 0 Å². The molecule has 66 valence electrons. The van der Waals surface area contributed by atoms with E-state index in [1.54, 1.807) is 25.3 Å². The maximum atomic E-state index is 10.9. The van der Waals surface area contributed by atoms with Gasteiger partial charge in [0.2, 0.25) is 0 Å². The first-order valence-electron chi connectivity index (χ1n) is 3.73. The van der Waals surface area contributed by atoms with Crippen LogP contribution in [0, 0.1) is 0 Å². The molecule has 0 bridgehead atoms. The van der Waals surface area contributed by atoms with Gasteiger partial charge >= 0.3 is 5.97 Å². The fourth-order valence-corrected chi connectivity index (χ4v) is 0.862. The number of carbonyl (C=O) groups excluding carboxylic acids is 1. The van der Waals surface area contributed by atoms with Crippen molar-refractivity contribution in [1.29, 1.82) is 0 Å². The van der Waals surface area contributed by atoms with Gasteiger partial charge in [0.05, 0.1) is 12.3 Å². The summed E-state index contributed by atoms with van der Waals surface area (Å²) >= 11 is 0. The first kappa shape index (κ1) is 8.80. The molecule has 2 N–H and O–H groups in total. The van der Waals surface area contributed by atoms with Gasteiger partial charge in [0.25, 0.3) is 0 Å². The molecule has 1 heterocycles. The molecule has 4 heteroatoms. The van der Waals surface area contributed by atoms with Crippen LogP contribution in [0.1, 0.15) is 18.7 Å². The van der Waals surface area contributed by atoms with E-state index in [0.29, 0.717) is 5.69 Å². The zero-order valence-corrected chi connectivity index (χ0v) is 6.78. The van der Waals surface area contributed by atoms with Crippen molar-refractivity contribution in [3.63, 3.8) is 0 Å². The van der Waals surface area contributed by atoms with E-state index in [2.05, 4.69) is 9.72 Å². The van der Waals surface area contributed by atoms with Gasteiger partial charge in [-0.15, -0.1) is 0 Å². The SMILES string of the molecule is CCOC(=O)[C@@H](O)c1ccc[nH]1. The number of aliphatic hydroxyl groups is 1. The van der Waals surface area contributed by atoms with E-state index in [0.717, 1.165) is 0 Å². The van der Waals surface area contributed by atoms with E-state index in [1.165, 1.54) is 0 Å². The molecule has 0 aliphatic heterocycles. The van der Waals surface area contributed by atoms with Crippen LogP contribution in [-0.2, 0) is 9.53 Å². The van der Waals surface area contributed by atoms with Gasteiger partial charge in [0.15, 0.2) is 6.10 Å². The zero-order chi connectivity index (χ0) is 8.97. The predicted molar refractivity (Wildman–Crippen MR) is 42.4 cm³/mol. The van der Waals surface area contributed by atoms with Gasteiger partial charge in [-0.1, -0.05) is 0 Å². The summed E-state index contributed by atoms with van der Waals surface area (Å²) < 4.78 is 4.62. The Labute approximate surface area is 70.2 Å². The summed E-state index contributed by atoms with van der Waals surface area (Å²) in [6.45, 7) is 1.97. The largest absolute Gasteiger partial charge is 0.464 e. The van der Waals surface area contributed by atoms with E-state index in [4.69, 9.17) is 0 Å². The molecule has 1 aromatic heterocycles. The summed E-state index contributed by atoms with van der Waals surface area (Å²) in [6.07, 6.45) is 0.442. The third-order valence-electron chi connectivity index (χ3n) is 1.43. The first-order chi connectivity index (χ1) is 5.75. The summed E-state index contributed by atoms with van der Waals surface area (Å²) in [5.74, 6) is -0.625. The molecular weight excluding hydrogens is 158 g/mol. The fourth-order valence-electron chi connectivity index (χ4n) is 0.862. The molecule has 0 saturated heterocycles. The Kier molecular flexibility index (Phi) is 2.88.